The molecule has 224 valence electrons. The van der Waals surface area contributed by atoms with Gasteiger partial charge in [0, 0.05) is 22.4 Å². The largest absolute Gasteiger partial charge is 0.493 e. The second-order valence-corrected chi connectivity index (χ2v) is 9.61. The van der Waals surface area contributed by atoms with Gasteiger partial charge in [-0.25, -0.2) is 4.39 Å². The Morgan fingerprint density at radius 2 is 1.45 bits per heavy atom. The molecule has 44 heavy (non-hydrogen) atoms. The normalized spacial score (nSPS) is 11.2. The second kappa shape index (κ2) is 14.7. The van der Waals surface area contributed by atoms with Gasteiger partial charge in [0.05, 0.1) is 26.4 Å². The highest BCUT2D eigenvalue weighted by Gasteiger charge is 2.18. The molecule has 0 spiro atoms. The first-order chi connectivity index (χ1) is 21.2. The van der Waals surface area contributed by atoms with Crippen LogP contribution in [0.3, 0.4) is 0 Å². The van der Waals surface area contributed by atoms with Gasteiger partial charge in [0.15, 0.2) is 17.3 Å². The molecule has 8 nitrogen and oxygen atoms in total. The van der Waals surface area contributed by atoms with Crippen molar-refractivity contribution < 1.29 is 33.0 Å². The lowest BCUT2D eigenvalue weighted by Crippen LogP contribution is -2.30. The highest BCUT2D eigenvalue weighted by molar-refractivity contribution is 6.32. The summed E-state index contributed by atoms with van der Waals surface area (Å²) in [6.45, 7) is 0. The Balaban J connectivity index is 1.59. The van der Waals surface area contributed by atoms with Crippen LogP contribution in [0.1, 0.15) is 31.8 Å². The van der Waals surface area contributed by atoms with E-state index in [2.05, 4.69) is 10.6 Å². The molecule has 4 rings (SSSR count). The summed E-state index contributed by atoms with van der Waals surface area (Å²) in [7, 11) is 4.41. The Kier molecular flexibility index (Phi) is 10.5. The third-order valence-electron chi connectivity index (χ3n) is 6.36. The smallest absolute Gasteiger partial charge is 0.272 e. The van der Waals surface area contributed by atoms with E-state index in [1.165, 1.54) is 82.0 Å². The van der Waals surface area contributed by atoms with Gasteiger partial charge in [-0.05, 0) is 84.5 Å². The quantitative estimate of drug-likeness (QED) is 0.142. The fraction of sp³-hybridized carbons (Fsp3) is 0.0882. The summed E-state index contributed by atoms with van der Waals surface area (Å²) in [5.74, 6) is -0.974. The Bertz CT molecular complexity index is 1690. The lowest BCUT2D eigenvalue weighted by atomic mass is 10.1. The summed E-state index contributed by atoms with van der Waals surface area (Å²) in [6, 6.07) is 22.0. The topological polar surface area (TPSA) is 103 Å². The molecule has 0 aliphatic heterocycles. The second-order valence-electron chi connectivity index (χ2n) is 9.20. The molecule has 2 N–H and O–H groups in total. The number of halogens is 2. The van der Waals surface area contributed by atoms with E-state index in [-0.39, 0.29) is 22.1 Å². The lowest BCUT2D eigenvalue weighted by molar-refractivity contribution is -0.113. The number of amides is 2. The van der Waals surface area contributed by atoms with Gasteiger partial charge < -0.3 is 24.8 Å². The van der Waals surface area contributed by atoms with Crippen molar-refractivity contribution in [3.63, 3.8) is 0 Å². The standard InChI is InChI=1S/C34H28ClFN2O6/c1-42-30-19-21(20-31(43-2)32(30)44-3)18-28(38-33(40)23-8-5-4-6-9-23)34(41)37-24-14-12-22(13-15-24)29(39)17-16-25-26(35)10-7-11-27(25)36/h4-20H,1-3H3,(H,37,41)(H,38,40)/b17-16+,28-18-. The van der Waals surface area contributed by atoms with Crippen LogP contribution in [0.5, 0.6) is 17.2 Å². The van der Waals surface area contributed by atoms with Crippen LogP contribution < -0.4 is 24.8 Å². The Morgan fingerprint density at radius 1 is 0.795 bits per heavy atom. The number of nitrogens with one attached hydrogen (secondary N) is 2. The number of carbonyl (C=O) groups is 3. The van der Waals surface area contributed by atoms with Crippen molar-refractivity contribution in [1.29, 1.82) is 0 Å². The van der Waals surface area contributed by atoms with Crippen LogP contribution in [-0.2, 0) is 4.79 Å². The van der Waals surface area contributed by atoms with Crippen LogP contribution in [-0.4, -0.2) is 38.9 Å². The van der Waals surface area contributed by atoms with Crippen LogP contribution in [0.25, 0.3) is 12.2 Å². The zero-order valence-electron chi connectivity index (χ0n) is 24.0. The maximum absolute atomic E-state index is 14.0. The summed E-state index contributed by atoms with van der Waals surface area (Å²) >= 11 is 6.02. The SMILES string of the molecule is COc1cc(/C=C(\NC(=O)c2ccccc2)C(=O)Nc2ccc(C(=O)/C=C/c3c(F)cccc3Cl)cc2)cc(OC)c1OC. The Morgan fingerprint density at radius 3 is 2.05 bits per heavy atom. The van der Waals surface area contributed by atoms with E-state index in [4.69, 9.17) is 25.8 Å². The number of rotatable bonds is 11. The summed E-state index contributed by atoms with van der Waals surface area (Å²) < 4.78 is 30.2. The number of allylic oxidation sites excluding steroid dienone is 1. The van der Waals surface area contributed by atoms with Gasteiger partial charge in [0.1, 0.15) is 11.5 Å². The molecule has 0 unspecified atom stereocenters. The molecule has 0 heterocycles. The molecule has 4 aromatic rings. The Labute approximate surface area is 258 Å². The molecule has 0 atom stereocenters. The average Bonchev–Trinajstić information content (AvgIpc) is 3.04. The van der Waals surface area contributed by atoms with Gasteiger partial charge in [0.2, 0.25) is 5.75 Å². The zero-order chi connectivity index (χ0) is 31.6. The van der Waals surface area contributed by atoms with Gasteiger partial charge in [0.25, 0.3) is 11.8 Å². The molecule has 4 aromatic carbocycles. The van der Waals surface area contributed by atoms with Gasteiger partial charge >= 0.3 is 0 Å². The number of ketones is 1. The number of anilines is 1. The molecule has 0 fully saturated rings. The maximum Gasteiger partial charge on any atom is 0.272 e. The van der Waals surface area contributed by atoms with Crippen LogP contribution in [0.15, 0.2) is 96.7 Å². The molecular formula is C34H28ClFN2O6. The monoisotopic (exact) mass is 614 g/mol. The number of ether oxygens (including phenoxy) is 3. The predicted molar refractivity (Wildman–Crippen MR) is 168 cm³/mol. The van der Waals surface area contributed by atoms with Crippen LogP contribution in [0.2, 0.25) is 5.02 Å². The van der Waals surface area contributed by atoms with Crippen LogP contribution >= 0.6 is 11.6 Å². The fourth-order valence-corrected chi connectivity index (χ4v) is 4.36. The predicted octanol–water partition coefficient (Wildman–Crippen LogP) is 6.81. The minimum atomic E-state index is -0.629. The molecule has 2 amide bonds. The number of benzene rings is 4. The van der Waals surface area contributed by atoms with Crippen molar-refractivity contribution in [2.75, 3.05) is 26.6 Å². The molecule has 0 saturated carbocycles. The lowest BCUT2D eigenvalue weighted by Gasteiger charge is -2.14. The van der Waals surface area contributed by atoms with Crippen molar-refractivity contribution in [2.45, 2.75) is 0 Å². The molecule has 0 saturated heterocycles. The van der Waals surface area contributed by atoms with Crippen LogP contribution in [0, 0.1) is 5.82 Å². The number of carbonyl (C=O) groups excluding carboxylic acids is 3. The third kappa shape index (κ3) is 7.70. The highest BCUT2D eigenvalue weighted by Crippen LogP contribution is 2.38. The fourth-order valence-electron chi connectivity index (χ4n) is 4.14. The van der Waals surface area contributed by atoms with E-state index in [1.54, 1.807) is 42.5 Å². The molecule has 0 aliphatic carbocycles. The first kappa shape index (κ1) is 31.5. The van der Waals surface area contributed by atoms with E-state index in [0.29, 0.717) is 39.6 Å². The summed E-state index contributed by atoms with van der Waals surface area (Å²) in [6.07, 6.45) is 4.00. The van der Waals surface area contributed by atoms with E-state index in [1.807, 2.05) is 0 Å². The molecular weight excluding hydrogens is 587 g/mol. The first-order valence-corrected chi connectivity index (χ1v) is 13.6. The Hall–Kier alpha value is -5.41. The number of hydrogen-bond donors (Lipinski definition) is 2. The highest BCUT2D eigenvalue weighted by atomic mass is 35.5. The van der Waals surface area contributed by atoms with Crippen molar-refractivity contribution in [3.8, 4) is 17.2 Å². The zero-order valence-corrected chi connectivity index (χ0v) is 24.8. The van der Waals surface area contributed by atoms with Crippen molar-refractivity contribution in [1.82, 2.24) is 5.32 Å². The molecule has 0 aromatic heterocycles. The van der Waals surface area contributed by atoms with Gasteiger partial charge in [-0.1, -0.05) is 35.9 Å². The third-order valence-corrected chi connectivity index (χ3v) is 6.68. The van der Waals surface area contributed by atoms with Gasteiger partial charge in [-0.15, -0.1) is 0 Å². The van der Waals surface area contributed by atoms with E-state index < -0.39 is 17.6 Å². The average molecular weight is 615 g/mol. The summed E-state index contributed by atoms with van der Waals surface area (Å²) in [5.41, 5.74) is 1.53. The molecule has 0 bridgehead atoms. The molecule has 0 aliphatic rings. The minimum Gasteiger partial charge on any atom is -0.493 e. The minimum absolute atomic E-state index is 0.0713. The van der Waals surface area contributed by atoms with Crippen molar-refractivity contribution in [3.05, 3.63) is 130 Å². The van der Waals surface area contributed by atoms with E-state index in [9.17, 15) is 18.8 Å². The number of hydrogen-bond acceptors (Lipinski definition) is 6. The summed E-state index contributed by atoms with van der Waals surface area (Å²) in [5, 5.41) is 5.58. The molecule has 0 radical (unpaired) electrons. The number of methoxy groups -OCH3 is 3. The van der Waals surface area contributed by atoms with Gasteiger partial charge in [-0.3, -0.25) is 14.4 Å². The van der Waals surface area contributed by atoms with Crippen molar-refractivity contribution in [2.24, 2.45) is 0 Å². The van der Waals surface area contributed by atoms with E-state index >= 15 is 0 Å². The maximum atomic E-state index is 14.0. The van der Waals surface area contributed by atoms with Crippen molar-refractivity contribution >= 4 is 47.0 Å². The summed E-state index contributed by atoms with van der Waals surface area (Å²) in [4.78, 5) is 39.1. The first-order valence-electron chi connectivity index (χ1n) is 13.2. The van der Waals surface area contributed by atoms with Crippen LogP contribution in [0.4, 0.5) is 10.1 Å². The van der Waals surface area contributed by atoms with E-state index in [0.717, 1.165) is 0 Å². The molecule has 10 heteroatoms. The van der Waals surface area contributed by atoms with Gasteiger partial charge in [-0.2, -0.15) is 0 Å².